The van der Waals surface area contributed by atoms with Gasteiger partial charge in [0.05, 0.1) is 0 Å². The topological polar surface area (TPSA) is 59.1 Å². The van der Waals surface area contributed by atoms with Gasteiger partial charge < -0.3 is 0 Å². The fraction of sp³-hybridized carbons (Fsp3) is 0.154. The van der Waals surface area contributed by atoms with Gasteiger partial charge in [-0.3, -0.25) is 4.72 Å². The largest absolute Gasteiger partial charge is 0.264 e. The summed E-state index contributed by atoms with van der Waals surface area (Å²) in [7, 11) is -3.69. The summed E-state index contributed by atoms with van der Waals surface area (Å²) in [4.78, 5) is 4.30. The molecule has 0 aliphatic heterocycles. The lowest BCUT2D eigenvalue weighted by Gasteiger charge is -2.11. The molecule has 2 rings (SSSR count). The van der Waals surface area contributed by atoms with Crippen LogP contribution in [-0.4, -0.2) is 13.4 Å². The summed E-state index contributed by atoms with van der Waals surface area (Å²) >= 11 is 6.63. The van der Waals surface area contributed by atoms with E-state index in [4.69, 9.17) is 0 Å². The summed E-state index contributed by atoms with van der Waals surface area (Å²) in [6, 6.07) is 8.48. The van der Waals surface area contributed by atoms with E-state index >= 15 is 0 Å². The third kappa shape index (κ3) is 3.39. The van der Waals surface area contributed by atoms with Gasteiger partial charge in [0.2, 0.25) is 0 Å². The van der Waals surface area contributed by atoms with Crippen molar-refractivity contribution in [2.24, 2.45) is 0 Å². The lowest BCUT2D eigenvalue weighted by molar-refractivity contribution is 0.600. The number of hydrogen-bond donors (Lipinski definition) is 1. The van der Waals surface area contributed by atoms with Crippen LogP contribution in [-0.2, 0) is 10.0 Å². The van der Waals surface area contributed by atoms with Gasteiger partial charge in [0.25, 0.3) is 10.0 Å². The minimum absolute atomic E-state index is 0.165. The van der Waals surface area contributed by atoms with Gasteiger partial charge in [-0.05, 0) is 59.6 Å². The van der Waals surface area contributed by atoms with Gasteiger partial charge in [0, 0.05) is 14.6 Å². The highest BCUT2D eigenvalue weighted by Gasteiger charge is 2.19. The van der Waals surface area contributed by atoms with Crippen LogP contribution in [0.3, 0.4) is 0 Å². The standard InChI is InChI=1S/C13H12Br2N2O2S/c1-8-6-11(15)12(7-10(8)14)20(18,19)17-13-5-3-4-9(2)16-13/h3-7H,1-2H3,(H,16,17). The molecule has 0 spiro atoms. The van der Waals surface area contributed by atoms with Gasteiger partial charge in [-0.25, -0.2) is 13.4 Å². The van der Waals surface area contributed by atoms with Crippen molar-refractivity contribution in [3.05, 3.63) is 50.5 Å². The van der Waals surface area contributed by atoms with Crippen LogP contribution in [0.2, 0.25) is 0 Å². The molecule has 1 aromatic carbocycles. The Morgan fingerprint density at radius 1 is 1.10 bits per heavy atom. The van der Waals surface area contributed by atoms with Crippen molar-refractivity contribution in [1.29, 1.82) is 0 Å². The van der Waals surface area contributed by atoms with Crippen LogP contribution in [0.15, 0.2) is 44.2 Å². The number of nitrogens with one attached hydrogen (secondary N) is 1. The van der Waals surface area contributed by atoms with E-state index in [1.807, 2.05) is 6.92 Å². The van der Waals surface area contributed by atoms with E-state index in [0.29, 0.717) is 10.3 Å². The highest BCUT2D eigenvalue weighted by molar-refractivity contribution is 9.11. The maximum absolute atomic E-state index is 12.4. The molecule has 0 atom stereocenters. The van der Waals surface area contributed by atoms with Crippen molar-refractivity contribution in [1.82, 2.24) is 4.98 Å². The molecule has 0 bridgehead atoms. The van der Waals surface area contributed by atoms with Crippen molar-refractivity contribution < 1.29 is 8.42 Å². The van der Waals surface area contributed by atoms with Gasteiger partial charge in [-0.15, -0.1) is 0 Å². The summed E-state index contributed by atoms with van der Waals surface area (Å²) in [6.07, 6.45) is 0. The van der Waals surface area contributed by atoms with Crippen LogP contribution < -0.4 is 4.72 Å². The first kappa shape index (κ1) is 15.5. The Kier molecular flexibility index (Phi) is 4.51. The average molecular weight is 420 g/mol. The van der Waals surface area contributed by atoms with Gasteiger partial charge in [-0.2, -0.15) is 0 Å². The lowest BCUT2D eigenvalue weighted by Crippen LogP contribution is -2.15. The fourth-order valence-corrected chi connectivity index (χ4v) is 4.31. The molecular formula is C13H12Br2N2O2S. The van der Waals surface area contributed by atoms with Crippen LogP contribution in [0.25, 0.3) is 0 Å². The third-order valence-corrected chi connectivity index (χ3v) is 5.80. The molecule has 2 aromatic rings. The smallest absolute Gasteiger partial charge is 0.263 e. The number of rotatable bonds is 3. The molecule has 106 valence electrons. The maximum Gasteiger partial charge on any atom is 0.264 e. The predicted octanol–water partition coefficient (Wildman–Crippen LogP) is 4.02. The number of benzene rings is 1. The molecular weight excluding hydrogens is 408 g/mol. The van der Waals surface area contributed by atoms with E-state index in [1.54, 1.807) is 37.3 Å². The number of aromatic nitrogens is 1. The summed E-state index contributed by atoms with van der Waals surface area (Å²) < 4.78 is 28.5. The first-order chi connectivity index (χ1) is 9.29. The molecule has 0 saturated carbocycles. The Morgan fingerprint density at radius 3 is 2.45 bits per heavy atom. The van der Waals surface area contributed by atoms with Crippen LogP contribution in [0.4, 0.5) is 5.82 Å². The Hall–Kier alpha value is -0.920. The number of pyridine rings is 1. The molecule has 0 fully saturated rings. The van der Waals surface area contributed by atoms with Crippen LogP contribution in [0.1, 0.15) is 11.3 Å². The summed E-state index contributed by atoms with van der Waals surface area (Å²) in [5, 5.41) is 0. The second kappa shape index (κ2) is 5.83. The normalized spacial score (nSPS) is 11.4. The van der Waals surface area contributed by atoms with Gasteiger partial charge in [0.1, 0.15) is 10.7 Å². The van der Waals surface area contributed by atoms with Gasteiger partial charge in [0.15, 0.2) is 0 Å². The van der Waals surface area contributed by atoms with Crippen molar-refractivity contribution in [2.75, 3.05) is 4.72 Å². The molecule has 0 amide bonds. The quantitative estimate of drug-likeness (QED) is 0.816. The second-order valence-electron chi connectivity index (χ2n) is 4.30. The highest BCUT2D eigenvalue weighted by atomic mass is 79.9. The number of sulfonamides is 1. The zero-order chi connectivity index (χ0) is 14.9. The lowest BCUT2D eigenvalue weighted by atomic mass is 10.2. The molecule has 0 aliphatic rings. The molecule has 0 radical (unpaired) electrons. The van der Waals surface area contributed by atoms with E-state index < -0.39 is 10.0 Å². The van der Waals surface area contributed by atoms with E-state index in [1.165, 1.54) is 0 Å². The first-order valence-corrected chi connectivity index (χ1v) is 8.78. The molecule has 1 aromatic heterocycles. The molecule has 0 unspecified atom stereocenters. The third-order valence-electron chi connectivity index (χ3n) is 2.63. The zero-order valence-corrected chi connectivity index (χ0v) is 14.8. The average Bonchev–Trinajstić information content (AvgIpc) is 2.33. The van der Waals surface area contributed by atoms with Crippen LogP contribution in [0, 0.1) is 13.8 Å². The van der Waals surface area contributed by atoms with E-state index in [2.05, 4.69) is 41.6 Å². The van der Waals surface area contributed by atoms with E-state index in [9.17, 15) is 8.42 Å². The van der Waals surface area contributed by atoms with E-state index in [0.717, 1.165) is 15.7 Å². The van der Waals surface area contributed by atoms with Gasteiger partial charge in [-0.1, -0.05) is 22.0 Å². The van der Waals surface area contributed by atoms with E-state index in [-0.39, 0.29) is 4.90 Å². The number of hydrogen-bond acceptors (Lipinski definition) is 3. The molecule has 0 saturated heterocycles. The second-order valence-corrected chi connectivity index (χ2v) is 7.66. The Bertz CT molecular complexity index is 761. The molecule has 1 N–H and O–H groups in total. The monoisotopic (exact) mass is 418 g/mol. The highest BCUT2D eigenvalue weighted by Crippen LogP contribution is 2.29. The van der Waals surface area contributed by atoms with Crippen molar-refractivity contribution in [3.63, 3.8) is 0 Å². The number of nitrogens with zero attached hydrogens (tertiary/aromatic N) is 1. The van der Waals surface area contributed by atoms with Crippen molar-refractivity contribution in [2.45, 2.75) is 18.7 Å². The van der Waals surface area contributed by atoms with Crippen molar-refractivity contribution in [3.8, 4) is 0 Å². The summed E-state index contributed by atoms with van der Waals surface area (Å²) in [5.74, 6) is 0.300. The SMILES string of the molecule is Cc1cccc(NS(=O)(=O)c2cc(Br)c(C)cc2Br)n1. The molecule has 20 heavy (non-hydrogen) atoms. The Morgan fingerprint density at radius 2 is 1.80 bits per heavy atom. The molecule has 1 heterocycles. The molecule has 7 heteroatoms. The summed E-state index contributed by atoms with van der Waals surface area (Å²) in [6.45, 7) is 3.69. The predicted molar refractivity (Wildman–Crippen MR) is 86.4 cm³/mol. The number of aryl methyl sites for hydroxylation is 2. The summed E-state index contributed by atoms with van der Waals surface area (Å²) in [5.41, 5.74) is 1.69. The number of anilines is 1. The van der Waals surface area contributed by atoms with Crippen LogP contribution >= 0.6 is 31.9 Å². The molecule has 4 nitrogen and oxygen atoms in total. The fourth-order valence-electron chi connectivity index (χ4n) is 1.63. The van der Waals surface area contributed by atoms with Crippen molar-refractivity contribution >= 4 is 47.7 Å². The Balaban J connectivity index is 2.43. The maximum atomic E-state index is 12.4. The minimum Gasteiger partial charge on any atom is -0.263 e. The number of halogens is 2. The minimum atomic E-state index is -3.69. The molecule has 0 aliphatic carbocycles. The Labute approximate surface area is 134 Å². The van der Waals surface area contributed by atoms with Crippen LogP contribution in [0.5, 0.6) is 0 Å². The van der Waals surface area contributed by atoms with Gasteiger partial charge >= 0.3 is 0 Å². The zero-order valence-electron chi connectivity index (χ0n) is 10.8. The first-order valence-electron chi connectivity index (χ1n) is 5.72.